The minimum absolute atomic E-state index is 0.213. The molecule has 1 amide bonds. The molecule has 0 aromatic heterocycles. The summed E-state index contributed by atoms with van der Waals surface area (Å²) in [5, 5.41) is 2.51. The predicted molar refractivity (Wildman–Crippen MR) is 64.5 cm³/mol. The Balaban J connectivity index is 2.32. The second-order valence-electron chi connectivity index (χ2n) is 3.74. The number of hydrogen-bond acceptors (Lipinski definition) is 3. The highest BCUT2D eigenvalue weighted by Crippen LogP contribution is 2.01. The van der Waals surface area contributed by atoms with Gasteiger partial charge in [-0.05, 0) is 12.0 Å². The molecule has 0 saturated heterocycles. The third-order valence-corrected chi connectivity index (χ3v) is 2.28. The van der Waals surface area contributed by atoms with E-state index in [1.807, 2.05) is 37.3 Å². The van der Waals surface area contributed by atoms with Crippen LogP contribution in [0, 0.1) is 0 Å². The van der Waals surface area contributed by atoms with Crippen LogP contribution in [0.15, 0.2) is 30.3 Å². The molecule has 0 spiro atoms. The summed E-state index contributed by atoms with van der Waals surface area (Å²) in [6.07, 6.45) is 1.64. The molecule has 0 aliphatic rings. The lowest BCUT2D eigenvalue weighted by molar-refractivity contribution is -0.109. The number of rotatable bonds is 6. The highest BCUT2D eigenvalue weighted by atomic mass is 16.5. The fraction of sp³-hybridized carbons (Fsp3) is 0.385. The van der Waals surface area contributed by atoms with Gasteiger partial charge in [-0.2, -0.15) is 0 Å². The van der Waals surface area contributed by atoms with E-state index in [4.69, 9.17) is 4.74 Å². The van der Waals surface area contributed by atoms with E-state index in [0.717, 1.165) is 18.3 Å². The average Bonchev–Trinajstić information content (AvgIpc) is 2.37. The quantitative estimate of drug-likeness (QED) is 0.769. The second-order valence-corrected chi connectivity index (χ2v) is 3.74. The highest BCUT2D eigenvalue weighted by Gasteiger charge is 2.10. The van der Waals surface area contributed by atoms with Crippen molar-refractivity contribution < 1.29 is 14.3 Å². The number of benzene rings is 1. The molecular weight excluding hydrogens is 218 g/mol. The van der Waals surface area contributed by atoms with Crippen LogP contribution in [-0.2, 0) is 16.1 Å². The van der Waals surface area contributed by atoms with E-state index in [0.29, 0.717) is 6.42 Å². The van der Waals surface area contributed by atoms with Gasteiger partial charge < -0.3 is 14.8 Å². The van der Waals surface area contributed by atoms with Crippen molar-refractivity contribution in [1.29, 1.82) is 0 Å². The fourth-order valence-electron chi connectivity index (χ4n) is 1.40. The number of ether oxygens (including phenoxy) is 1. The lowest BCUT2D eigenvalue weighted by atomic mass is 10.2. The smallest absolute Gasteiger partial charge is 0.408 e. The summed E-state index contributed by atoms with van der Waals surface area (Å²) in [4.78, 5) is 22.0. The van der Waals surface area contributed by atoms with Crippen LogP contribution in [0.4, 0.5) is 4.79 Å². The van der Waals surface area contributed by atoms with Crippen LogP contribution in [0.2, 0.25) is 0 Å². The van der Waals surface area contributed by atoms with Gasteiger partial charge in [0.05, 0.1) is 6.04 Å². The maximum absolute atomic E-state index is 11.4. The molecule has 0 radical (unpaired) electrons. The number of carbonyl (C=O) groups is 2. The lowest BCUT2D eigenvalue weighted by Crippen LogP contribution is -2.36. The van der Waals surface area contributed by atoms with E-state index >= 15 is 0 Å². The fourth-order valence-corrected chi connectivity index (χ4v) is 1.40. The SMILES string of the molecule is CCCC(C=O)NC(=O)OCc1ccccc1. The van der Waals surface area contributed by atoms with Gasteiger partial charge in [0.1, 0.15) is 12.9 Å². The molecule has 17 heavy (non-hydrogen) atoms. The first kappa shape index (κ1) is 13.2. The first-order valence-corrected chi connectivity index (χ1v) is 5.68. The molecule has 1 aromatic rings. The predicted octanol–water partition coefficient (Wildman–Crippen LogP) is 2.28. The molecule has 0 saturated carbocycles. The number of carbonyl (C=O) groups excluding carboxylic acids is 2. The molecule has 0 heterocycles. The van der Waals surface area contributed by atoms with Crippen molar-refractivity contribution in [3.63, 3.8) is 0 Å². The van der Waals surface area contributed by atoms with Crippen LogP contribution in [0.25, 0.3) is 0 Å². The van der Waals surface area contributed by atoms with Crippen LogP contribution in [0.1, 0.15) is 25.3 Å². The van der Waals surface area contributed by atoms with Crippen LogP contribution >= 0.6 is 0 Å². The van der Waals surface area contributed by atoms with Crippen LogP contribution in [0.5, 0.6) is 0 Å². The largest absolute Gasteiger partial charge is 0.445 e. The Hall–Kier alpha value is -1.84. The van der Waals surface area contributed by atoms with Crippen LogP contribution in [0.3, 0.4) is 0 Å². The van der Waals surface area contributed by atoms with Crippen LogP contribution < -0.4 is 5.32 Å². The van der Waals surface area contributed by atoms with Gasteiger partial charge >= 0.3 is 6.09 Å². The van der Waals surface area contributed by atoms with Gasteiger partial charge in [-0.15, -0.1) is 0 Å². The van der Waals surface area contributed by atoms with E-state index in [9.17, 15) is 9.59 Å². The summed E-state index contributed by atoms with van der Waals surface area (Å²) < 4.78 is 5.00. The molecule has 1 atom stereocenters. The van der Waals surface area contributed by atoms with E-state index in [2.05, 4.69) is 5.32 Å². The molecule has 1 aromatic carbocycles. The van der Waals surface area contributed by atoms with Gasteiger partial charge in [-0.3, -0.25) is 0 Å². The minimum atomic E-state index is -0.556. The normalized spacial score (nSPS) is 11.6. The van der Waals surface area contributed by atoms with Gasteiger partial charge in [-0.25, -0.2) is 4.79 Å². The van der Waals surface area contributed by atoms with Crippen LogP contribution in [-0.4, -0.2) is 18.4 Å². The van der Waals surface area contributed by atoms with Crippen molar-refractivity contribution in [3.05, 3.63) is 35.9 Å². The zero-order valence-electron chi connectivity index (χ0n) is 9.89. The first-order chi connectivity index (χ1) is 8.26. The van der Waals surface area contributed by atoms with Gasteiger partial charge in [0, 0.05) is 0 Å². The monoisotopic (exact) mass is 235 g/mol. The number of alkyl carbamates (subject to hydrolysis) is 1. The Labute approximate surface area is 101 Å². The molecule has 1 unspecified atom stereocenters. The van der Waals surface area contributed by atoms with Crippen molar-refractivity contribution in [3.8, 4) is 0 Å². The van der Waals surface area contributed by atoms with E-state index in [1.165, 1.54) is 0 Å². The van der Waals surface area contributed by atoms with E-state index in [-0.39, 0.29) is 6.61 Å². The Kier molecular flexibility index (Phi) is 5.79. The summed E-state index contributed by atoms with van der Waals surface area (Å²) >= 11 is 0. The average molecular weight is 235 g/mol. The molecule has 4 heteroatoms. The zero-order chi connectivity index (χ0) is 12.5. The summed E-state index contributed by atoms with van der Waals surface area (Å²) in [6.45, 7) is 2.16. The lowest BCUT2D eigenvalue weighted by Gasteiger charge is -2.11. The highest BCUT2D eigenvalue weighted by molar-refractivity contribution is 5.73. The molecule has 1 N–H and O–H groups in total. The number of hydrogen-bond donors (Lipinski definition) is 1. The van der Waals surface area contributed by atoms with Gasteiger partial charge in [0.15, 0.2) is 0 Å². The van der Waals surface area contributed by atoms with E-state index < -0.39 is 12.1 Å². The summed E-state index contributed by atoms with van der Waals surface area (Å²) in [6, 6.07) is 8.94. The van der Waals surface area contributed by atoms with Gasteiger partial charge in [0.2, 0.25) is 0 Å². The van der Waals surface area contributed by atoms with Crippen molar-refractivity contribution in [2.24, 2.45) is 0 Å². The molecule has 92 valence electrons. The van der Waals surface area contributed by atoms with Gasteiger partial charge in [0.25, 0.3) is 0 Å². The Morgan fingerprint density at radius 3 is 2.71 bits per heavy atom. The van der Waals surface area contributed by atoms with Gasteiger partial charge in [-0.1, -0.05) is 43.7 Å². The first-order valence-electron chi connectivity index (χ1n) is 5.68. The summed E-state index contributed by atoms with van der Waals surface area (Å²) in [5.74, 6) is 0. The molecule has 0 aliphatic heterocycles. The third-order valence-electron chi connectivity index (χ3n) is 2.28. The third kappa shape index (κ3) is 5.15. The molecule has 0 fully saturated rings. The Morgan fingerprint density at radius 1 is 1.41 bits per heavy atom. The summed E-state index contributed by atoms with van der Waals surface area (Å²) in [7, 11) is 0. The minimum Gasteiger partial charge on any atom is -0.445 e. The molecule has 0 aliphatic carbocycles. The standard InChI is InChI=1S/C13H17NO3/c1-2-6-12(9-15)14-13(16)17-10-11-7-4-3-5-8-11/h3-5,7-9,12H,2,6,10H2,1H3,(H,14,16). The zero-order valence-corrected chi connectivity index (χ0v) is 9.89. The number of aldehydes is 1. The number of amides is 1. The van der Waals surface area contributed by atoms with Crippen molar-refractivity contribution in [2.45, 2.75) is 32.4 Å². The Morgan fingerprint density at radius 2 is 2.12 bits per heavy atom. The number of nitrogens with one attached hydrogen (secondary N) is 1. The molecule has 0 bridgehead atoms. The molecule has 1 rings (SSSR count). The topological polar surface area (TPSA) is 55.4 Å². The van der Waals surface area contributed by atoms with E-state index in [1.54, 1.807) is 0 Å². The second kappa shape index (κ2) is 7.44. The Bertz CT molecular complexity index is 351. The molecule has 4 nitrogen and oxygen atoms in total. The van der Waals surface area contributed by atoms with Crippen molar-refractivity contribution in [2.75, 3.05) is 0 Å². The summed E-state index contributed by atoms with van der Waals surface area (Å²) in [5.41, 5.74) is 0.917. The van der Waals surface area contributed by atoms with Crippen molar-refractivity contribution >= 4 is 12.4 Å². The van der Waals surface area contributed by atoms with Crippen molar-refractivity contribution in [1.82, 2.24) is 5.32 Å². The maximum atomic E-state index is 11.4. The maximum Gasteiger partial charge on any atom is 0.408 e. The molecular formula is C13H17NO3.